The van der Waals surface area contributed by atoms with Crippen molar-refractivity contribution in [1.82, 2.24) is 5.32 Å². The van der Waals surface area contributed by atoms with Gasteiger partial charge in [0.25, 0.3) is 5.69 Å². The van der Waals surface area contributed by atoms with Gasteiger partial charge in [0.05, 0.1) is 18.1 Å². The van der Waals surface area contributed by atoms with Crippen molar-refractivity contribution in [1.29, 1.82) is 0 Å². The van der Waals surface area contributed by atoms with E-state index in [2.05, 4.69) is 10.6 Å². The number of hydrogen-bond donors (Lipinski definition) is 2. The Morgan fingerprint density at radius 1 is 1.56 bits per heavy atom. The van der Waals surface area contributed by atoms with Gasteiger partial charge in [0.2, 0.25) is 5.91 Å². The first-order valence-electron chi connectivity index (χ1n) is 5.53. The molecule has 0 spiro atoms. The number of amides is 1. The number of nitro groups is 1. The van der Waals surface area contributed by atoms with Crippen molar-refractivity contribution in [2.24, 2.45) is 0 Å². The van der Waals surface area contributed by atoms with Gasteiger partial charge in [0.15, 0.2) is 0 Å². The van der Waals surface area contributed by atoms with Crippen LogP contribution in [0.2, 0.25) is 0 Å². The lowest BCUT2D eigenvalue weighted by Crippen LogP contribution is -2.48. The lowest BCUT2D eigenvalue weighted by Gasteiger charge is -2.22. The van der Waals surface area contributed by atoms with Gasteiger partial charge in [0.1, 0.15) is 6.04 Å². The third-order valence-corrected chi connectivity index (χ3v) is 2.56. The van der Waals surface area contributed by atoms with Crippen LogP contribution in [0.4, 0.5) is 11.4 Å². The number of nitrogens with zero attached hydrogens (tertiary/aromatic N) is 1. The predicted octanol–water partition coefficient (Wildman–Crippen LogP) is 0.522. The lowest BCUT2D eigenvalue weighted by molar-refractivity contribution is -0.384. The Balaban J connectivity index is 2.02. The minimum atomic E-state index is -0.502. The van der Waals surface area contributed by atoms with Crippen molar-refractivity contribution in [3.8, 4) is 0 Å². The highest BCUT2D eigenvalue weighted by molar-refractivity contribution is 5.95. The van der Waals surface area contributed by atoms with Crippen LogP contribution in [0.15, 0.2) is 24.3 Å². The number of anilines is 1. The molecule has 18 heavy (non-hydrogen) atoms. The molecule has 0 saturated carbocycles. The molecule has 2 N–H and O–H groups in total. The molecule has 2 rings (SSSR count). The number of hydrogen-bond acceptors (Lipinski definition) is 5. The van der Waals surface area contributed by atoms with Crippen molar-refractivity contribution in [3.05, 3.63) is 34.4 Å². The maximum Gasteiger partial charge on any atom is 0.271 e. The molecule has 0 radical (unpaired) electrons. The Kier molecular flexibility index (Phi) is 3.85. The van der Waals surface area contributed by atoms with Gasteiger partial charge in [0, 0.05) is 24.4 Å². The molecule has 1 aliphatic heterocycles. The molecule has 1 aliphatic rings. The number of benzene rings is 1. The molecule has 1 aromatic carbocycles. The maximum absolute atomic E-state index is 11.8. The van der Waals surface area contributed by atoms with Crippen LogP contribution in [0.5, 0.6) is 0 Å². The van der Waals surface area contributed by atoms with E-state index in [9.17, 15) is 14.9 Å². The van der Waals surface area contributed by atoms with Gasteiger partial charge in [-0.25, -0.2) is 0 Å². The number of carbonyl (C=O) groups excluding carboxylic acids is 1. The van der Waals surface area contributed by atoms with Crippen molar-refractivity contribution >= 4 is 17.3 Å². The molecule has 1 heterocycles. The summed E-state index contributed by atoms with van der Waals surface area (Å²) in [6.45, 7) is 1.51. The van der Waals surface area contributed by atoms with Crippen LogP contribution in [0.1, 0.15) is 0 Å². The Labute approximate surface area is 103 Å². The number of nitro benzene ring substituents is 1. The minimum Gasteiger partial charge on any atom is -0.378 e. The molecule has 1 atom stereocenters. The van der Waals surface area contributed by atoms with Gasteiger partial charge in [-0.05, 0) is 6.07 Å². The van der Waals surface area contributed by atoms with Crippen LogP contribution in [-0.4, -0.2) is 36.6 Å². The van der Waals surface area contributed by atoms with Gasteiger partial charge in [-0.1, -0.05) is 6.07 Å². The molecule has 7 heteroatoms. The molecule has 1 saturated heterocycles. The third kappa shape index (κ3) is 3.02. The van der Waals surface area contributed by atoms with Gasteiger partial charge in [-0.2, -0.15) is 0 Å². The molecule has 1 unspecified atom stereocenters. The summed E-state index contributed by atoms with van der Waals surface area (Å²) in [5.74, 6) is -0.254. The molecule has 96 valence electrons. The molecule has 1 amide bonds. The monoisotopic (exact) mass is 251 g/mol. The van der Waals surface area contributed by atoms with E-state index in [-0.39, 0.29) is 11.6 Å². The fourth-order valence-corrected chi connectivity index (χ4v) is 1.66. The fourth-order valence-electron chi connectivity index (χ4n) is 1.66. The summed E-state index contributed by atoms with van der Waals surface area (Å²) in [5, 5.41) is 16.2. The molecule has 1 fully saturated rings. The molecular formula is C11H13N3O4. The van der Waals surface area contributed by atoms with E-state index in [1.54, 1.807) is 6.07 Å². The summed E-state index contributed by atoms with van der Waals surface area (Å²) >= 11 is 0. The number of rotatable bonds is 3. The van der Waals surface area contributed by atoms with Crippen LogP contribution in [0, 0.1) is 10.1 Å². The van der Waals surface area contributed by atoms with Crippen LogP contribution < -0.4 is 10.6 Å². The van der Waals surface area contributed by atoms with E-state index in [0.717, 1.165) is 0 Å². The Bertz CT molecular complexity index is 457. The quantitative estimate of drug-likeness (QED) is 0.603. The summed E-state index contributed by atoms with van der Waals surface area (Å²) in [7, 11) is 0. The average Bonchev–Trinajstić information content (AvgIpc) is 2.40. The second-order valence-corrected chi connectivity index (χ2v) is 3.88. The second kappa shape index (κ2) is 5.56. The normalized spacial score (nSPS) is 19.2. The lowest BCUT2D eigenvalue weighted by atomic mass is 10.2. The Morgan fingerprint density at radius 2 is 2.39 bits per heavy atom. The topological polar surface area (TPSA) is 93.5 Å². The molecule has 1 aromatic rings. The number of morpholine rings is 1. The van der Waals surface area contributed by atoms with Crippen molar-refractivity contribution < 1.29 is 14.5 Å². The highest BCUT2D eigenvalue weighted by atomic mass is 16.6. The van der Waals surface area contributed by atoms with Gasteiger partial charge in [-0.15, -0.1) is 0 Å². The first-order chi connectivity index (χ1) is 8.66. The summed E-state index contributed by atoms with van der Waals surface area (Å²) in [6.07, 6.45) is 0. The summed E-state index contributed by atoms with van der Waals surface area (Å²) < 4.78 is 5.17. The minimum absolute atomic E-state index is 0.0550. The highest BCUT2D eigenvalue weighted by Crippen LogP contribution is 2.17. The van der Waals surface area contributed by atoms with Gasteiger partial charge < -0.3 is 15.4 Å². The zero-order valence-electron chi connectivity index (χ0n) is 9.59. The average molecular weight is 251 g/mol. The number of nitrogens with one attached hydrogen (secondary N) is 2. The van der Waals surface area contributed by atoms with Crippen LogP contribution in [-0.2, 0) is 9.53 Å². The Morgan fingerprint density at radius 3 is 3.06 bits per heavy atom. The van der Waals surface area contributed by atoms with E-state index in [1.807, 2.05) is 0 Å². The standard InChI is InChI=1S/C11H13N3O4/c15-11(10-7-18-5-4-12-10)13-8-2-1-3-9(6-8)14(16)17/h1-3,6,10,12H,4-5,7H2,(H,13,15). The highest BCUT2D eigenvalue weighted by Gasteiger charge is 2.21. The van der Waals surface area contributed by atoms with Crippen molar-refractivity contribution in [2.75, 3.05) is 25.1 Å². The van der Waals surface area contributed by atoms with Crippen LogP contribution in [0.25, 0.3) is 0 Å². The van der Waals surface area contributed by atoms with Crippen LogP contribution in [0.3, 0.4) is 0 Å². The molecule has 0 aromatic heterocycles. The summed E-state index contributed by atoms with van der Waals surface area (Å²) in [5.41, 5.74) is 0.349. The third-order valence-electron chi connectivity index (χ3n) is 2.56. The Hall–Kier alpha value is -1.99. The molecule has 7 nitrogen and oxygen atoms in total. The van der Waals surface area contributed by atoms with Crippen molar-refractivity contribution in [2.45, 2.75) is 6.04 Å². The largest absolute Gasteiger partial charge is 0.378 e. The maximum atomic E-state index is 11.8. The van der Waals surface area contributed by atoms with E-state index >= 15 is 0 Å². The molecule has 0 bridgehead atoms. The van der Waals surface area contributed by atoms with Crippen LogP contribution >= 0.6 is 0 Å². The summed E-state index contributed by atoms with van der Waals surface area (Å²) in [4.78, 5) is 21.9. The van der Waals surface area contributed by atoms with E-state index in [0.29, 0.717) is 25.4 Å². The number of carbonyl (C=O) groups is 1. The smallest absolute Gasteiger partial charge is 0.271 e. The number of ether oxygens (including phenoxy) is 1. The van der Waals surface area contributed by atoms with Gasteiger partial charge in [-0.3, -0.25) is 14.9 Å². The zero-order chi connectivity index (χ0) is 13.0. The zero-order valence-corrected chi connectivity index (χ0v) is 9.59. The fraction of sp³-hybridized carbons (Fsp3) is 0.364. The van der Waals surface area contributed by atoms with E-state index in [1.165, 1.54) is 18.2 Å². The molecule has 0 aliphatic carbocycles. The first kappa shape index (κ1) is 12.5. The van der Waals surface area contributed by atoms with E-state index in [4.69, 9.17) is 4.74 Å². The van der Waals surface area contributed by atoms with Crippen molar-refractivity contribution in [3.63, 3.8) is 0 Å². The molecular weight excluding hydrogens is 238 g/mol. The number of non-ortho nitro benzene ring substituents is 1. The first-order valence-corrected chi connectivity index (χ1v) is 5.53. The van der Waals surface area contributed by atoms with E-state index < -0.39 is 11.0 Å². The predicted molar refractivity (Wildman–Crippen MR) is 64.3 cm³/mol. The SMILES string of the molecule is O=C(Nc1cccc([N+](=O)[O-])c1)C1COCCN1. The van der Waals surface area contributed by atoms with Gasteiger partial charge >= 0.3 is 0 Å². The summed E-state index contributed by atoms with van der Waals surface area (Å²) in [6, 6.07) is 5.41. The second-order valence-electron chi connectivity index (χ2n) is 3.88.